The molecule has 2 fully saturated rings. The van der Waals surface area contributed by atoms with Crippen LogP contribution in [0.2, 0.25) is 0 Å². The summed E-state index contributed by atoms with van der Waals surface area (Å²) in [5.74, 6) is 1.33. The lowest BCUT2D eigenvalue weighted by Crippen LogP contribution is -2.43. The Balaban J connectivity index is 1.47. The molecule has 3 aliphatic heterocycles. The van der Waals surface area contributed by atoms with E-state index in [1.54, 1.807) is 17.0 Å². The van der Waals surface area contributed by atoms with E-state index in [4.69, 9.17) is 9.47 Å². The number of hydrogen-bond donors (Lipinski definition) is 0. The first kappa shape index (κ1) is 13.6. The summed E-state index contributed by atoms with van der Waals surface area (Å²) in [6, 6.07) is 5.30. The van der Waals surface area contributed by atoms with Gasteiger partial charge in [-0.3, -0.25) is 4.79 Å². The molecule has 2 unspecified atom stereocenters. The summed E-state index contributed by atoms with van der Waals surface area (Å²) in [7, 11) is -2.98. The van der Waals surface area contributed by atoms with Gasteiger partial charge in [-0.25, -0.2) is 8.42 Å². The summed E-state index contributed by atoms with van der Waals surface area (Å²) in [4.78, 5) is 13.9. The molecule has 116 valence electrons. The van der Waals surface area contributed by atoms with Crippen molar-refractivity contribution in [2.75, 3.05) is 19.1 Å². The standard InChI is InChI=1S/C15H15NO5S/c17-15(16-7-12-6-11(16)8-22(12,18)19)4-2-10-1-3-13-14(5-10)21-9-20-13/h1-5,11-12H,6-9H2/b4-2+. The molecule has 1 aromatic rings. The van der Waals surface area contributed by atoms with Crippen molar-refractivity contribution in [1.82, 2.24) is 4.90 Å². The second-order valence-corrected chi connectivity index (χ2v) is 8.10. The van der Waals surface area contributed by atoms with Crippen molar-refractivity contribution in [2.45, 2.75) is 17.7 Å². The van der Waals surface area contributed by atoms with Gasteiger partial charge in [0.05, 0.1) is 11.0 Å². The normalized spacial score (nSPS) is 27.7. The summed E-state index contributed by atoms with van der Waals surface area (Å²) < 4.78 is 33.9. The Bertz CT molecular complexity index is 770. The van der Waals surface area contributed by atoms with Gasteiger partial charge in [0.2, 0.25) is 12.7 Å². The molecular weight excluding hydrogens is 306 g/mol. The number of rotatable bonds is 2. The highest BCUT2D eigenvalue weighted by Gasteiger charge is 2.49. The number of nitrogens with zero attached hydrogens (tertiary/aromatic N) is 1. The first-order valence-corrected chi connectivity index (χ1v) is 8.84. The van der Waals surface area contributed by atoms with E-state index in [0.717, 1.165) is 5.56 Å². The smallest absolute Gasteiger partial charge is 0.246 e. The molecule has 6 nitrogen and oxygen atoms in total. The first-order valence-electron chi connectivity index (χ1n) is 7.13. The summed E-state index contributed by atoms with van der Waals surface area (Å²) in [5, 5.41) is -0.375. The van der Waals surface area contributed by atoms with Crippen molar-refractivity contribution < 1.29 is 22.7 Å². The lowest BCUT2D eigenvalue weighted by Gasteiger charge is -2.25. The summed E-state index contributed by atoms with van der Waals surface area (Å²) >= 11 is 0. The molecule has 7 heteroatoms. The maximum absolute atomic E-state index is 12.2. The Morgan fingerprint density at radius 2 is 2.09 bits per heavy atom. The minimum atomic E-state index is -2.98. The van der Waals surface area contributed by atoms with Crippen molar-refractivity contribution in [3.8, 4) is 11.5 Å². The fourth-order valence-electron chi connectivity index (χ4n) is 3.25. The Hall–Kier alpha value is -2.02. The zero-order valence-corrected chi connectivity index (χ0v) is 12.6. The third-order valence-corrected chi connectivity index (χ3v) is 6.61. The molecule has 3 aliphatic rings. The van der Waals surface area contributed by atoms with Gasteiger partial charge >= 0.3 is 0 Å². The fourth-order valence-corrected chi connectivity index (χ4v) is 5.27. The molecule has 2 saturated heterocycles. The van der Waals surface area contributed by atoms with Crippen LogP contribution in [0.1, 0.15) is 12.0 Å². The van der Waals surface area contributed by atoms with Gasteiger partial charge in [-0.05, 0) is 30.2 Å². The molecule has 0 aliphatic carbocycles. The maximum atomic E-state index is 12.2. The number of carbonyl (C=O) groups is 1. The van der Waals surface area contributed by atoms with Crippen molar-refractivity contribution >= 4 is 21.8 Å². The van der Waals surface area contributed by atoms with Crippen LogP contribution in [0.5, 0.6) is 11.5 Å². The highest BCUT2D eigenvalue weighted by molar-refractivity contribution is 7.92. The van der Waals surface area contributed by atoms with Crippen LogP contribution in [-0.4, -0.2) is 49.6 Å². The monoisotopic (exact) mass is 321 g/mol. The number of sulfone groups is 1. The number of hydrogen-bond acceptors (Lipinski definition) is 5. The molecule has 0 saturated carbocycles. The van der Waals surface area contributed by atoms with Gasteiger partial charge in [0.15, 0.2) is 21.3 Å². The molecule has 0 N–H and O–H groups in total. The highest BCUT2D eigenvalue weighted by atomic mass is 32.2. The Labute approximate surface area is 128 Å². The van der Waals surface area contributed by atoms with E-state index in [9.17, 15) is 13.2 Å². The van der Waals surface area contributed by atoms with Crippen LogP contribution in [0.4, 0.5) is 0 Å². The average Bonchev–Trinajstić information content (AvgIpc) is 3.16. The minimum absolute atomic E-state index is 0.0985. The van der Waals surface area contributed by atoms with Gasteiger partial charge in [0.25, 0.3) is 0 Å². The van der Waals surface area contributed by atoms with E-state index in [2.05, 4.69) is 0 Å². The van der Waals surface area contributed by atoms with E-state index in [1.807, 2.05) is 12.1 Å². The number of benzene rings is 1. The third kappa shape index (κ3) is 2.16. The molecule has 1 amide bonds. The molecule has 0 aromatic heterocycles. The predicted octanol–water partition coefficient (Wildman–Crippen LogP) is 0.826. The predicted molar refractivity (Wildman–Crippen MR) is 79.3 cm³/mol. The van der Waals surface area contributed by atoms with Gasteiger partial charge in [-0.2, -0.15) is 0 Å². The number of likely N-dealkylation sites (tertiary alicyclic amines) is 1. The van der Waals surface area contributed by atoms with E-state index < -0.39 is 9.84 Å². The van der Waals surface area contributed by atoms with E-state index in [-0.39, 0.29) is 29.7 Å². The van der Waals surface area contributed by atoms with Gasteiger partial charge in [-0.15, -0.1) is 0 Å². The fraction of sp³-hybridized carbons (Fsp3) is 0.400. The molecule has 0 radical (unpaired) electrons. The van der Waals surface area contributed by atoms with Crippen LogP contribution in [0.25, 0.3) is 6.08 Å². The number of fused-ring (bicyclic) bond motifs is 3. The zero-order valence-electron chi connectivity index (χ0n) is 11.8. The molecule has 4 rings (SSSR count). The molecule has 2 bridgehead atoms. The summed E-state index contributed by atoms with van der Waals surface area (Å²) in [6.07, 6.45) is 3.78. The van der Waals surface area contributed by atoms with E-state index >= 15 is 0 Å². The van der Waals surface area contributed by atoms with Crippen LogP contribution in [0, 0.1) is 0 Å². The minimum Gasteiger partial charge on any atom is -0.454 e. The molecule has 22 heavy (non-hydrogen) atoms. The van der Waals surface area contributed by atoms with Crippen molar-refractivity contribution in [2.24, 2.45) is 0 Å². The Kier molecular flexibility index (Phi) is 2.94. The summed E-state index contributed by atoms with van der Waals surface area (Å²) in [6.45, 7) is 0.532. The first-order chi connectivity index (χ1) is 10.5. The number of carbonyl (C=O) groups excluding carboxylic acids is 1. The molecule has 0 spiro atoms. The molecule has 2 atom stereocenters. The van der Waals surface area contributed by atoms with Crippen LogP contribution >= 0.6 is 0 Å². The highest BCUT2D eigenvalue weighted by Crippen LogP contribution is 2.34. The number of amides is 1. The number of ether oxygens (including phenoxy) is 2. The van der Waals surface area contributed by atoms with Crippen molar-refractivity contribution in [1.29, 1.82) is 0 Å². The topological polar surface area (TPSA) is 72.9 Å². The van der Waals surface area contributed by atoms with Crippen LogP contribution < -0.4 is 9.47 Å². The van der Waals surface area contributed by atoms with Crippen LogP contribution in [-0.2, 0) is 14.6 Å². The van der Waals surface area contributed by atoms with Crippen molar-refractivity contribution in [3.63, 3.8) is 0 Å². The van der Waals surface area contributed by atoms with Gasteiger partial charge in [0.1, 0.15) is 0 Å². The Morgan fingerprint density at radius 3 is 2.82 bits per heavy atom. The summed E-state index contributed by atoms with van der Waals surface area (Å²) in [5.41, 5.74) is 0.842. The van der Waals surface area contributed by atoms with Gasteiger partial charge in [-0.1, -0.05) is 6.07 Å². The third-order valence-electron chi connectivity index (χ3n) is 4.41. The molecule has 1 aromatic carbocycles. The van der Waals surface area contributed by atoms with Gasteiger partial charge in [0, 0.05) is 18.7 Å². The maximum Gasteiger partial charge on any atom is 0.246 e. The lowest BCUT2D eigenvalue weighted by molar-refractivity contribution is -0.126. The van der Waals surface area contributed by atoms with E-state index in [0.29, 0.717) is 24.5 Å². The zero-order chi connectivity index (χ0) is 15.3. The van der Waals surface area contributed by atoms with Gasteiger partial charge < -0.3 is 14.4 Å². The second-order valence-electron chi connectivity index (χ2n) is 5.78. The largest absolute Gasteiger partial charge is 0.454 e. The van der Waals surface area contributed by atoms with Crippen LogP contribution in [0.15, 0.2) is 24.3 Å². The average molecular weight is 321 g/mol. The molecule has 3 heterocycles. The lowest BCUT2D eigenvalue weighted by atomic mass is 10.2. The second kappa shape index (κ2) is 4.74. The quantitative estimate of drug-likeness (QED) is 0.754. The SMILES string of the molecule is O=C(/C=C/c1ccc2c(c1)OCO2)N1CC2CC1CS2(=O)=O. The van der Waals surface area contributed by atoms with E-state index in [1.165, 1.54) is 6.08 Å². The van der Waals surface area contributed by atoms with Crippen molar-refractivity contribution in [3.05, 3.63) is 29.8 Å². The Morgan fingerprint density at radius 1 is 1.27 bits per heavy atom. The van der Waals surface area contributed by atoms with Crippen LogP contribution in [0.3, 0.4) is 0 Å². The molecular formula is C15H15NO5S.